The van der Waals surface area contributed by atoms with Crippen LogP contribution in [0.25, 0.3) is 0 Å². The van der Waals surface area contributed by atoms with E-state index in [1.54, 1.807) is 0 Å². The fourth-order valence-corrected chi connectivity index (χ4v) is 2.53. The van der Waals surface area contributed by atoms with Crippen molar-refractivity contribution in [1.82, 2.24) is 0 Å². The van der Waals surface area contributed by atoms with Crippen molar-refractivity contribution in [3.63, 3.8) is 0 Å². The summed E-state index contributed by atoms with van der Waals surface area (Å²) in [6.07, 6.45) is 7.67. The van der Waals surface area contributed by atoms with Crippen molar-refractivity contribution < 1.29 is 0 Å². The molecule has 0 spiro atoms. The summed E-state index contributed by atoms with van der Waals surface area (Å²) in [5, 5.41) is 0. The molecule has 0 nitrogen and oxygen atoms in total. The van der Waals surface area contributed by atoms with Gasteiger partial charge in [-0.3, -0.25) is 0 Å². The van der Waals surface area contributed by atoms with E-state index < -0.39 is 0 Å². The highest BCUT2D eigenvalue weighted by Crippen LogP contribution is 2.61. The Hall–Kier alpha value is -0.260. The zero-order chi connectivity index (χ0) is 9.41. The summed E-state index contributed by atoms with van der Waals surface area (Å²) in [7, 11) is 0. The van der Waals surface area contributed by atoms with Gasteiger partial charge < -0.3 is 0 Å². The van der Waals surface area contributed by atoms with Gasteiger partial charge in [0, 0.05) is 0 Å². The molecular formula is C12H22. The Balaban J connectivity index is 0.000000336. The highest BCUT2D eigenvalue weighted by atomic mass is 14.6. The molecule has 1 saturated carbocycles. The molecule has 70 valence electrons. The lowest BCUT2D eigenvalue weighted by Crippen LogP contribution is -2.27. The van der Waals surface area contributed by atoms with Crippen LogP contribution in [0, 0.1) is 16.7 Å². The molecule has 1 fully saturated rings. The van der Waals surface area contributed by atoms with Crippen LogP contribution in [0.15, 0.2) is 12.2 Å². The van der Waals surface area contributed by atoms with Gasteiger partial charge in [-0.25, -0.2) is 0 Å². The standard InChI is InChI=1S/C10H16.C2H6/c1-9(2)8-4-6-10(9,3)7-5-8;1-2/h4,6,8H,5,7H2,1-3H3;1-2H3. The molecule has 2 aliphatic carbocycles. The third-order valence-corrected chi connectivity index (χ3v) is 4.07. The van der Waals surface area contributed by atoms with Gasteiger partial charge in [-0.2, -0.15) is 0 Å². The zero-order valence-electron chi connectivity index (χ0n) is 9.15. The predicted molar refractivity (Wildman–Crippen MR) is 55.1 cm³/mol. The summed E-state index contributed by atoms with van der Waals surface area (Å²) >= 11 is 0. The first kappa shape index (κ1) is 9.83. The Morgan fingerprint density at radius 1 is 1.17 bits per heavy atom. The Kier molecular flexibility index (Phi) is 2.38. The molecule has 0 radical (unpaired) electrons. The topological polar surface area (TPSA) is 0 Å². The summed E-state index contributed by atoms with van der Waals surface area (Å²) in [6, 6.07) is 0. The highest BCUT2D eigenvalue weighted by Gasteiger charge is 2.52. The number of allylic oxidation sites excluding steroid dienone is 2. The number of fused-ring (bicyclic) bond motifs is 2. The fourth-order valence-electron chi connectivity index (χ4n) is 2.53. The minimum absolute atomic E-state index is 0.525. The van der Waals surface area contributed by atoms with E-state index in [-0.39, 0.29) is 0 Å². The van der Waals surface area contributed by atoms with Gasteiger partial charge >= 0.3 is 0 Å². The van der Waals surface area contributed by atoms with Gasteiger partial charge in [0.15, 0.2) is 0 Å². The quantitative estimate of drug-likeness (QED) is 0.477. The lowest BCUT2D eigenvalue weighted by Gasteiger charge is -2.33. The second kappa shape index (κ2) is 2.90. The first-order valence-corrected chi connectivity index (χ1v) is 5.26. The molecule has 0 N–H and O–H groups in total. The van der Waals surface area contributed by atoms with Crippen LogP contribution >= 0.6 is 0 Å². The monoisotopic (exact) mass is 166 g/mol. The smallest absolute Gasteiger partial charge is 0.00895 e. The average Bonchev–Trinajstić information content (AvgIpc) is 2.40. The van der Waals surface area contributed by atoms with E-state index in [1.807, 2.05) is 13.8 Å². The maximum Gasteiger partial charge on any atom is -0.00895 e. The van der Waals surface area contributed by atoms with E-state index in [9.17, 15) is 0 Å². The van der Waals surface area contributed by atoms with E-state index in [4.69, 9.17) is 0 Å². The average molecular weight is 166 g/mol. The van der Waals surface area contributed by atoms with Crippen LogP contribution < -0.4 is 0 Å². The van der Waals surface area contributed by atoms with Crippen LogP contribution in [0.5, 0.6) is 0 Å². The minimum Gasteiger partial charge on any atom is -0.0843 e. The number of rotatable bonds is 0. The van der Waals surface area contributed by atoms with Crippen LogP contribution in [-0.4, -0.2) is 0 Å². The van der Waals surface area contributed by atoms with Crippen LogP contribution in [0.1, 0.15) is 47.5 Å². The SMILES string of the molecule is CC.CC12C=CC(CC1)C2(C)C. The summed E-state index contributed by atoms with van der Waals surface area (Å²) in [5.74, 6) is 0.873. The van der Waals surface area contributed by atoms with E-state index in [1.165, 1.54) is 12.8 Å². The third-order valence-electron chi connectivity index (χ3n) is 4.07. The van der Waals surface area contributed by atoms with Crippen LogP contribution in [0.4, 0.5) is 0 Å². The van der Waals surface area contributed by atoms with E-state index >= 15 is 0 Å². The van der Waals surface area contributed by atoms with Crippen molar-refractivity contribution in [1.29, 1.82) is 0 Å². The van der Waals surface area contributed by atoms with Crippen molar-refractivity contribution >= 4 is 0 Å². The van der Waals surface area contributed by atoms with Crippen molar-refractivity contribution in [2.75, 3.05) is 0 Å². The number of hydrogen-bond donors (Lipinski definition) is 0. The Labute approximate surface area is 77.1 Å². The summed E-state index contributed by atoms with van der Waals surface area (Å²) in [4.78, 5) is 0. The maximum absolute atomic E-state index is 2.43. The first-order valence-electron chi connectivity index (χ1n) is 5.26. The molecular weight excluding hydrogens is 144 g/mol. The predicted octanol–water partition coefficient (Wildman–Crippen LogP) is 4.02. The van der Waals surface area contributed by atoms with Crippen molar-refractivity contribution in [3.05, 3.63) is 12.2 Å². The summed E-state index contributed by atoms with van der Waals surface area (Å²) < 4.78 is 0. The second-order valence-electron chi connectivity index (χ2n) is 4.64. The molecule has 2 bridgehead atoms. The Morgan fingerprint density at radius 2 is 1.75 bits per heavy atom. The molecule has 0 heteroatoms. The van der Waals surface area contributed by atoms with E-state index in [0.29, 0.717) is 10.8 Å². The molecule has 12 heavy (non-hydrogen) atoms. The van der Waals surface area contributed by atoms with Gasteiger partial charge in [-0.15, -0.1) is 0 Å². The van der Waals surface area contributed by atoms with Gasteiger partial charge in [0.25, 0.3) is 0 Å². The summed E-state index contributed by atoms with van der Waals surface area (Å²) in [5.41, 5.74) is 1.07. The second-order valence-corrected chi connectivity index (χ2v) is 4.64. The molecule has 0 aromatic heterocycles. The molecule has 0 amide bonds. The summed E-state index contributed by atoms with van der Waals surface area (Å²) in [6.45, 7) is 11.2. The zero-order valence-corrected chi connectivity index (χ0v) is 9.15. The third kappa shape index (κ3) is 1.04. The van der Waals surface area contributed by atoms with Gasteiger partial charge in [0.1, 0.15) is 0 Å². The minimum atomic E-state index is 0.525. The van der Waals surface area contributed by atoms with E-state index in [0.717, 1.165) is 5.92 Å². The van der Waals surface area contributed by atoms with Crippen LogP contribution in [0.3, 0.4) is 0 Å². The molecule has 0 heterocycles. The lowest BCUT2D eigenvalue weighted by atomic mass is 9.71. The molecule has 0 aromatic rings. The Morgan fingerprint density at radius 3 is 1.83 bits per heavy atom. The molecule has 2 rings (SSSR count). The molecule has 0 aliphatic heterocycles. The molecule has 2 aliphatic rings. The van der Waals surface area contributed by atoms with Crippen LogP contribution in [-0.2, 0) is 0 Å². The van der Waals surface area contributed by atoms with E-state index in [2.05, 4.69) is 32.9 Å². The molecule has 2 atom stereocenters. The van der Waals surface area contributed by atoms with Crippen molar-refractivity contribution in [2.45, 2.75) is 47.5 Å². The van der Waals surface area contributed by atoms with Crippen LogP contribution in [0.2, 0.25) is 0 Å². The fraction of sp³-hybridized carbons (Fsp3) is 0.833. The van der Waals surface area contributed by atoms with Gasteiger partial charge in [0.05, 0.1) is 0 Å². The van der Waals surface area contributed by atoms with Gasteiger partial charge in [-0.05, 0) is 29.6 Å². The van der Waals surface area contributed by atoms with Crippen molar-refractivity contribution in [3.8, 4) is 0 Å². The van der Waals surface area contributed by atoms with Gasteiger partial charge in [-0.1, -0.05) is 46.8 Å². The molecule has 2 unspecified atom stereocenters. The molecule has 0 saturated heterocycles. The first-order chi connectivity index (χ1) is 5.56. The van der Waals surface area contributed by atoms with Gasteiger partial charge in [0.2, 0.25) is 0 Å². The largest absolute Gasteiger partial charge is 0.0843 e. The lowest BCUT2D eigenvalue weighted by molar-refractivity contribution is 0.182. The van der Waals surface area contributed by atoms with Crippen molar-refractivity contribution in [2.24, 2.45) is 16.7 Å². The normalized spacial score (nSPS) is 40.9. The molecule has 0 aromatic carbocycles. The highest BCUT2D eigenvalue weighted by molar-refractivity contribution is 5.22. The number of hydrogen-bond acceptors (Lipinski definition) is 0. The maximum atomic E-state index is 2.43. The Bertz CT molecular complexity index is 188.